The van der Waals surface area contributed by atoms with E-state index in [2.05, 4.69) is 20.4 Å². The van der Waals surface area contributed by atoms with E-state index in [4.69, 9.17) is 0 Å². The molecule has 0 aliphatic carbocycles. The fraction of sp³-hybridized carbons (Fsp3) is 1.00. The molecule has 0 spiro atoms. The molecule has 0 saturated carbocycles. The van der Waals surface area contributed by atoms with Crippen LogP contribution < -0.4 is 0 Å². The summed E-state index contributed by atoms with van der Waals surface area (Å²) in [5.41, 5.74) is 0. The Balaban J connectivity index is 3.12. The highest BCUT2D eigenvalue weighted by molar-refractivity contribution is 6.57. The largest absolute Gasteiger partial charge is 0.0720 e. The molecule has 0 nitrogen and oxygen atoms in total. The predicted octanol–water partition coefficient (Wildman–Crippen LogP) is 9.69. The summed E-state index contributed by atoms with van der Waals surface area (Å²) in [7, 11) is -0.358. The topological polar surface area (TPSA) is 0 Å². The molecular weight excluding hydrogens is 328 g/mol. The molecule has 0 heterocycles. The van der Waals surface area contributed by atoms with Crippen molar-refractivity contribution < 1.29 is 0 Å². The summed E-state index contributed by atoms with van der Waals surface area (Å²) in [6.45, 7) is 7.24. The van der Waals surface area contributed by atoms with Crippen molar-refractivity contribution in [3.63, 3.8) is 0 Å². The van der Waals surface area contributed by atoms with Crippen LogP contribution in [0.4, 0.5) is 0 Å². The molecule has 0 N–H and O–H groups in total. The van der Waals surface area contributed by atoms with Crippen molar-refractivity contribution in [2.75, 3.05) is 0 Å². The number of hydrogen-bond acceptors (Lipinski definition) is 0. The van der Waals surface area contributed by atoms with Crippen molar-refractivity contribution in [1.82, 2.24) is 0 Å². The first-order valence-electron chi connectivity index (χ1n) is 12.8. The van der Waals surface area contributed by atoms with Gasteiger partial charge in [-0.25, -0.2) is 0 Å². The Morgan fingerprint density at radius 3 is 0.846 bits per heavy atom. The van der Waals surface area contributed by atoms with E-state index in [0.29, 0.717) is 0 Å². The van der Waals surface area contributed by atoms with Crippen LogP contribution in [0.2, 0.25) is 18.6 Å². The van der Waals surface area contributed by atoms with Gasteiger partial charge in [0.05, 0.1) is 0 Å². The van der Waals surface area contributed by atoms with Gasteiger partial charge in [0.2, 0.25) is 0 Å². The van der Waals surface area contributed by atoms with Gasteiger partial charge in [-0.1, -0.05) is 161 Å². The van der Waals surface area contributed by atoms with Crippen LogP contribution in [0, 0.1) is 0 Å². The zero-order valence-corrected chi connectivity index (χ0v) is 20.3. The van der Waals surface area contributed by atoms with Crippen LogP contribution in [0.25, 0.3) is 0 Å². The Labute approximate surface area is 169 Å². The second kappa shape index (κ2) is 23.3. The summed E-state index contributed by atoms with van der Waals surface area (Å²) in [6.07, 6.45) is 29.7. The third-order valence-electron chi connectivity index (χ3n) is 6.10. The van der Waals surface area contributed by atoms with Gasteiger partial charge in [-0.15, -0.1) is 0 Å². The van der Waals surface area contributed by atoms with Gasteiger partial charge in [0.1, 0.15) is 0 Å². The lowest BCUT2D eigenvalue weighted by atomic mass is 10.1. The zero-order valence-electron chi connectivity index (χ0n) is 19.1. The maximum Gasteiger partial charge on any atom is 0.0336 e. The van der Waals surface area contributed by atoms with E-state index >= 15 is 0 Å². The minimum Gasteiger partial charge on any atom is -0.0720 e. The van der Waals surface area contributed by atoms with Crippen LogP contribution in [0.15, 0.2) is 0 Å². The van der Waals surface area contributed by atoms with Crippen molar-refractivity contribution in [2.45, 2.75) is 161 Å². The van der Waals surface area contributed by atoms with E-state index in [9.17, 15) is 0 Å². The second-order valence-electron chi connectivity index (χ2n) is 9.05. The summed E-state index contributed by atoms with van der Waals surface area (Å²) in [5.74, 6) is 0. The molecule has 1 heteroatoms. The predicted molar refractivity (Wildman–Crippen MR) is 126 cm³/mol. The number of rotatable bonds is 22. The van der Waals surface area contributed by atoms with E-state index in [-0.39, 0.29) is 8.80 Å². The van der Waals surface area contributed by atoms with E-state index in [1.165, 1.54) is 116 Å². The summed E-state index contributed by atoms with van der Waals surface area (Å²) in [5, 5.41) is 0. The lowest BCUT2D eigenvalue weighted by Crippen LogP contribution is -2.05. The zero-order chi connectivity index (χ0) is 19.1. The maximum atomic E-state index is 2.63. The monoisotopic (exact) mass is 382 g/mol. The molecule has 0 aliphatic heterocycles. The Hall–Kier alpha value is 0.217. The summed E-state index contributed by atoms with van der Waals surface area (Å²) in [4.78, 5) is 0. The van der Waals surface area contributed by atoms with Crippen LogP contribution in [0.3, 0.4) is 0 Å². The molecule has 0 fully saturated rings. The third kappa shape index (κ3) is 22.3. The van der Waals surface area contributed by atoms with Crippen LogP contribution in [0.5, 0.6) is 0 Å². The van der Waals surface area contributed by atoms with Crippen molar-refractivity contribution in [3.05, 3.63) is 0 Å². The lowest BCUT2D eigenvalue weighted by Gasteiger charge is -2.09. The van der Waals surface area contributed by atoms with Crippen LogP contribution in [-0.2, 0) is 0 Å². The molecule has 0 unspecified atom stereocenters. The van der Waals surface area contributed by atoms with Crippen molar-refractivity contribution in [1.29, 1.82) is 0 Å². The highest BCUT2D eigenvalue weighted by Gasteiger charge is 2.03. The van der Waals surface area contributed by atoms with Crippen LogP contribution >= 0.6 is 0 Å². The van der Waals surface area contributed by atoms with Gasteiger partial charge in [0, 0.05) is 8.80 Å². The standard InChI is InChI=1S/C25H54Si/c1-4-6-8-10-12-14-16-18-20-22-24-26(3)25-23-21-19-17-15-13-11-9-7-5-2/h26H,4-25H2,1-3H3. The van der Waals surface area contributed by atoms with Crippen LogP contribution in [0.1, 0.15) is 142 Å². The lowest BCUT2D eigenvalue weighted by molar-refractivity contribution is 0.560. The Kier molecular flexibility index (Phi) is 23.5. The average molecular weight is 383 g/mol. The Bertz CT molecular complexity index is 214. The molecule has 0 radical (unpaired) electrons. The molecule has 0 rings (SSSR count). The molecule has 0 aromatic heterocycles. The van der Waals surface area contributed by atoms with Gasteiger partial charge in [0.25, 0.3) is 0 Å². The van der Waals surface area contributed by atoms with Gasteiger partial charge in [-0.05, 0) is 0 Å². The molecule has 0 saturated heterocycles. The van der Waals surface area contributed by atoms with Gasteiger partial charge >= 0.3 is 0 Å². The fourth-order valence-corrected chi connectivity index (χ4v) is 6.36. The highest BCUT2D eigenvalue weighted by Crippen LogP contribution is 2.16. The van der Waals surface area contributed by atoms with Crippen molar-refractivity contribution in [3.8, 4) is 0 Å². The van der Waals surface area contributed by atoms with Crippen LogP contribution in [-0.4, -0.2) is 8.80 Å². The maximum absolute atomic E-state index is 2.63. The molecule has 0 amide bonds. The van der Waals surface area contributed by atoms with Gasteiger partial charge in [0.15, 0.2) is 0 Å². The van der Waals surface area contributed by atoms with E-state index in [0.717, 1.165) is 0 Å². The summed E-state index contributed by atoms with van der Waals surface area (Å²) >= 11 is 0. The van der Waals surface area contributed by atoms with E-state index < -0.39 is 0 Å². The quantitative estimate of drug-likeness (QED) is 0.129. The SMILES string of the molecule is CCCCCCCCCCCC[SiH](C)CCCCCCCCCCCC. The minimum atomic E-state index is -0.358. The Morgan fingerprint density at radius 2 is 0.577 bits per heavy atom. The van der Waals surface area contributed by atoms with E-state index in [1.807, 2.05) is 0 Å². The molecule has 0 bridgehead atoms. The fourth-order valence-electron chi connectivity index (χ4n) is 4.10. The first-order chi connectivity index (χ1) is 12.8. The number of hydrogen-bond donors (Lipinski definition) is 0. The van der Waals surface area contributed by atoms with E-state index in [1.54, 1.807) is 24.9 Å². The third-order valence-corrected chi connectivity index (χ3v) is 8.89. The molecule has 0 atom stereocenters. The first-order valence-corrected chi connectivity index (χ1v) is 15.6. The van der Waals surface area contributed by atoms with Crippen molar-refractivity contribution in [2.24, 2.45) is 0 Å². The molecular formula is C25H54Si. The summed E-state index contributed by atoms with van der Waals surface area (Å²) in [6, 6.07) is 3.24. The molecule has 0 aromatic rings. The van der Waals surface area contributed by atoms with Gasteiger partial charge in [-0.2, -0.15) is 0 Å². The molecule has 26 heavy (non-hydrogen) atoms. The highest BCUT2D eigenvalue weighted by atomic mass is 28.3. The molecule has 0 aromatic carbocycles. The average Bonchev–Trinajstić information content (AvgIpc) is 2.64. The van der Waals surface area contributed by atoms with Crippen molar-refractivity contribution >= 4 is 8.80 Å². The van der Waals surface area contributed by atoms with Gasteiger partial charge < -0.3 is 0 Å². The number of unbranched alkanes of at least 4 members (excludes halogenated alkanes) is 18. The van der Waals surface area contributed by atoms with Gasteiger partial charge in [-0.3, -0.25) is 0 Å². The smallest absolute Gasteiger partial charge is 0.0336 e. The summed E-state index contributed by atoms with van der Waals surface area (Å²) < 4.78 is 0. The normalized spacial score (nSPS) is 11.5. The first kappa shape index (κ1) is 26.2. The molecule has 0 aliphatic rings. The second-order valence-corrected chi connectivity index (χ2v) is 12.4. The Morgan fingerprint density at radius 1 is 0.346 bits per heavy atom. The minimum absolute atomic E-state index is 0.358. The molecule has 158 valence electrons.